The van der Waals surface area contributed by atoms with Crippen LogP contribution < -0.4 is 5.76 Å². The van der Waals surface area contributed by atoms with Crippen LogP contribution in [-0.2, 0) is 7.05 Å². The number of rotatable bonds is 2. The van der Waals surface area contributed by atoms with E-state index in [9.17, 15) is 9.90 Å². The van der Waals surface area contributed by atoms with Crippen LogP contribution in [0.1, 0.15) is 17.2 Å². The predicted octanol–water partition coefficient (Wildman–Crippen LogP) is 2.21. The van der Waals surface area contributed by atoms with E-state index >= 15 is 0 Å². The van der Waals surface area contributed by atoms with Gasteiger partial charge in [-0.3, -0.25) is 4.57 Å². The molecule has 0 bridgehead atoms. The Morgan fingerprint density at radius 3 is 2.58 bits per heavy atom. The van der Waals surface area contributed by atoms with Crippen LogP contribution in [0.3, 0.4) is 0 Å². The second-order valence-corrected chi connectivity index (χ2v) is 4.47. The minimum Gasteiger partial charge on any atom is -0.408 e. The van der Waals surface area contributed by atoms with Gasteiger partial charge in [0.25, 0.3) is 0 Å². The molecule has 96 valence electrons. The van der Waals surface area contributed by atoms with Gasteiger partial charge in [0.1, 0.15) is 6.10 Å². The molecule has 0 radical (unpaired) electrons. The molecule has 1 N–H and O–H groups in total. The summed E-state index contributed by atoms with van der Waals surface area (Å²) in [5, 5.41) is 10.3. The number of nitrogens with zero attached hydrogens (tertiary/aromatic N) is 1. The van der Waals surface area contributed by atoms with Gasteiger partial charge in [0, 0.05) is 7.05 Å². The number of aryl methyl sites for hydroxylation is 1. The Bertz CT molecular complexity index is 771. The maximum atomic E-state index is 11.4. The molecule has 0 fully saturated rings. The van der Waals surface area contributed by atoms with E-state index in [1.54, 1.807) is 25.2 Å². The van der Waals surface area contributed by atoms with Crippen molar-refractivity contribution in [3.05, 3.63) is 70.2 Å². The van der Waals surface area contributed by atoms with Crippen LogP contribution in [0.5, 0.6) is 0 Å². The van der Waals surface area contributed by atoms with Crippen LogP contribution in [-0.4, -0.2) is 9.67 Å². The van der Waals surface area contributed by atoms with Gasteiger partial charge in [-0.05, 0) is 23.3 Å². The Morgan fingerprint density at radius 2 is 1.84 bits per heavy atom. The number of oxazole rings is 1. The summed E-state index contributed by atoms with van der Waals surface area (Å²) >= 11 is 0. The van der Waals surface area contributed by atoms with Crippen LogP contribution in [0.4, 0.5) is 0 Å². The Morgan fingerprint density at radius 1 is 1.11 bits per heavy atom. The standard InChI is InChI=1S/C15H13NO3/c1-16-12-8-7-11(9-13(12)19-15(16)18)14(17)10-5-3-2-4-6-10/h2-9,14,17H,1H3. The zero-order chi connectivity index (χ0) is 13.4. The predicted molar refractivity (Wildman–Crippen MR) is 72.0 cm³/mol. The first-order chi connectivity index (χ1) is 9.16. The highest BCUT2D eigenvalue weighted by atomic mass is 16.4. The minimum absolute atomic E-state index is 0.402. The zero-order valence-corrected chi connectivity index (χ0v) is 10.4. The highest BCUT2D eigenvalue weighted by Crippen LogP contribution is 2.24. The first-order valence-electron chi connectivity index (χ1n) is 5.99. The number of benzene rings is 2. The maximum absolute atomic E-state index is 11.4. The van der Waals surface area contributed by atoms with Crippen molar-refractivity contribution in [3.63, 3.8) is 0 Å². The summed E-state index contributed by atoms with van der Waals surface area (Å²) in [4.78, 5) is 11.4. The zero-order valence-electron chi connectivity index (χ0n) is 10.4. The molecule has 0 aliphatic rings. The van der Waals surface area contributed by atoms with E-state index in [0.29, 0.717) is 16.7 Å². The molecule has 4 heteroatoms. The van der Waals surface area contributed by atoms with E-state index in [1.807, 2.05) is 30.3 Å². The summed E-state index contributed by atoms with van der Waals surface area (Å²) < 4.78 is 6.56. The SMILES string of the molecule is Cn1c(=O)oc2cc(C(O)c3ccccc3)ccc21. The van der Waals surface area contributed by atoms with Crippen LogP contribution >= 0.6 is 0 Å². The number of hydrogen-bond acceptors (Lipinski definition) is 3. The molecule has 19 heavy (non-hydrogen) atoms. The third-order valence-electron chi connectivity index (χ3n) is 3.25. The van der Waals surface area contributed by atoms with Crippen LogP contribution in [0.15, 0.2) is 57.7 Å². The lowest BCUT2D eigenvalue weighted by molar-refractivity contribution is 0.220. The molecule has 3 rings (SSSR count). The molecular weight excluding hydrogens is 242 g/mol. The molecule has 1 heterocycles. The largest absolute Gasteiger partial charge is 0.419 e. The smallest absolute Gasteiger partial charge is 0.408 e. The lowest BCUT2D eigenvalue weighted by Gasteiger charge is -2.10. The van der Waals surface area contributed by atoms with E-state index < -0.39 is 11.9 Å². The van der Waals surface area contributed by atoms with Gasteiger partial charge in [-0.2, -0.15) is 0 Å². The average molecular weight is 255 g/mol. The summed E-state index contributed by atoms with van der Waals surface area (Å²) in [6, 6.07) is 14.6. The maximum Gasteiger partial charge on any atom is 0.419 e. The fourth-order valence-electron chi connectivity index (χ4n) is 2.15. The van der Waals surface area contributed by atoms with Gasteiger partial charge in [-0.25, -0.2) is 4.79 Å². The van der Waals surface area contributed by atoms with Gasteiger partial charge < -0.3 is 9.52 Å². The van der Waals surface area contributed by atoms with Gasteiger partial charge in [0.05, 0.1) is 5.52 Å². The fraction of sp³-hybridized carbons (Fsp3) is 0.133. The summed E-state index contributed by atoms with van der Waals surface area (Å²) in [5.41, 5.74) is 2.71. The quantitative estimate of drug-likeness (QED) is 0.763. The van der Waals surface area contributed by atoms with E-state index in [1.165, 1.54) is 4.57 Å². The van der Waals surface area contributed by atoms with Crippen molar-refractivity contribution in [1.29, 1.82) is 0 Å². The summed E-state index contributed by atoms with van der Waals surface area (Å²) in [5.74, 6) is -0.402. The normalized spacial score (nSPS) is 12.7. The third-order valence-corrected chi connectivity index (χ3v) is 3.25. The average Bonchev–Trinajstić information content (AvgIpc) is 2.74. The topological polar surface area (TPSA) is 55.4 Å². The van der Waals surface area contributed by atoms with E-state index in [4.69, 9.17) is 4.42 Å². The molecular formula is C15H13NO3. The van der Waals surface area contributed by atoms with Gasteiger partial charge in [-0.1, -0.05) is 36.4 Å². The lowest BCUT2D eigenvalue weighted by atomic mass is 10.0. The summed E-state index contributed by atoms with van der Waals surface area (Å²) in [6.07, 6.45) is -0.726. The monoisotopic (exact) mass is 255 g/mol. The molecule has 0 aliphatic carbocycles. The molecule has 0 saturated carbocycles. The third kappa shape index (κ3) is 1.96. The van der Waals surface area contributed by atoms with Crippen molar-refractivity contribution in [2.45, 2.75) is 6.10 Å². The molecule has 2 aromatic carbocycles. The van der Waals surface area contributed by atoms with Gasteiger partial charge >= 0.3 is 5.76 Å². The fourth-order valence-corrected chi connectivity index (χ4v) is 2.15. The van der Waals surface area contributed by atoms with Gasteiger partial charge in [-0.15, -0.1) is 0 Å². The molecule has 1 atom stereocenters. The van der Waals surface area contributed by atoms with Crippen LogP contribution in [0.25, 0.3) is 11.1 Å². The van der Waals surface area contributed by atoms with E-state index in [2.05, 4.69) is 0 Å². The molecule has 0 saturated heterocycles. The highest BCUT2D eigenvalue weighted by molar-refractivity contribution is 5.73. The van der Waals surface area contributed by atoms with Crippen LogP contribution in [0.2, 0.25) is 0 Å². The molecule has 4 nitrogen and oxygen atoms in total. The minimum atomic E-state index is -0.726. The number of aliphatic hydroxyl groups excluding tert-OH is 1. The van der Waals surface area contributed by atoms with Crippen molar-refractivity contribution in [2.24, 2.45) is 7.05 Å². The van der Waals surface area contributed by atoms with Gasteiger partial charge in [0.15, 0.2) is 5.58 Å². The highest BCUT2D eigenvalue weighted by Gasteiger charge is 2.13. The van der Waals surface area contributed by atoms with Crippen molar-refractivity contribution in [3.8, 4) is 0 Å². The Kier molecular flexibility index (Phi) is 2.72. The van der Waals surface area contributed by atoms with E-state index in [0.717, 1.165) is 5.56 Å². The second kappa shape index (κ2) is 4.40. The number of fused-ring (bicyclic) bond motifs is 1. The molecule has 0 spiro atoms. The Labute approximate surface area is 109 Å². The Balaban J connectivity index is 2.09. The first kappa shape index (κ1) is 11.7. The molecule has 1 unspecified atom stereocenters. The van der Waals surface area contributed by atoms with Gasteiger partial charge in [0.2, 0.25) is 0 Å². The van der Waals surface area contributed by atoms with Crippen LogP contribution in [0, 0.1) is 0 Å². The summed E-state index contributed by atoms with van der Waals surface area (Å²) in [6.45, 7) is 0. The molecule has 1 aromatic heterocycles. The van der Waals surface area contributed by atoms with Crippen molar-refractivity contribution in [2.75, 3.05) is 0 Å². The number of aliphatic hydroxyl groups is 1. The molecule has 0 aliphatic heterocycles. The van der Waals surface area contributed by atoms with Crippen molar-refractivity contribution < 1.29 is 9.52 Å². The van der Waals surface area contributed by atoms with Crippen molar-refractivity contribution >= 4 is 11.1 Å². The second-order valence-electron chi connectivity index (χ2n) is 4.47. The Hall–Kier alpha value is -2.33. The first-order valence-corrected chi connectivity index (χ1v) is 5.99. The van der Waals surface area contributed by atoms with E-state index in [-0.39, 0.29) is 0 Å². The summed E-state index contributed by atoms with van der Waals surface area (Å²) in [7, 11) is 1.65. The number of aromatic nitrogens is 1. The molecule has 3 aromatic rings. The lowest BCUT2D eigenvalue weighted by Crippen LogP contribution is -2.08. The number of hydrogen-bond donors (Lipinski definition) is 1. The van der Waals surface area contributed by atoms with Crippen molar-refractivity contribution in [1.82, 2.24) is 4.57 Å². The molecule has 0 amide bonds.